The Balaban J connectivity index is 2.21. The van der Waals surface area contributed by atoms with Gasteiger partial charge < -0.3 is 11.1 Å². The van der Waals surface area contributed by atoms with Gasteiger partial charge in [0.1, 0.15) is 0 Å². The molecule has 0 unspecified atom stereocenters. The van der Waals surface area contributed by atoms with Crippen LogP contribution in [-0.2, 0) is 11.8 Å². The second-order valence-electron chi connectivity index (χ2n) is 6.51. The largest absolute Gasteiger partial charge is 0.394 e. The molecule has 112 valence electrons. The van der Waals surface area contributed by atoms with Crippen molar-refractivity contribution in [1.82, 2.24) is 9.78 Å². The van der Waals surface area contributed by atoms with Crippen LogP contribution < -0.4 is 11.1 Å². The van der Waals surface area contributed by atoms with E-state index < -0.39 is 0 Å². The molecule has 1 aliphatic carbocycles. The lowest BCUT2D eigenvalue weighted by atomic mass is 9.77. The monoisotopic (exact) mass is 278 g/mol. The normalized spacial score (nSPS) is 17.6. The van der Waals surface area contributed by atoms with Crippen molar-refractivity contribution in [2.45, 2.75) is 52.9 Å². The molecule has 3 N–H and O–H groups in total. The maximum atomic E-state index is 12.8. The molecular weight excluding hydrogens is 252 g/mol. The summed E-state index contributed by atoms with van der Waals surface area (Å²) >= 11 is 0. The van der Waals surface area contributed by atoms with E-state index in [1.165, 1.54) is 0 Å². The number of hydrogen-bond donors (Lipinski definition) is 2. The van der Waals surface area contributed by atoms with Crippen molar-refractivity contribution in [3.05, 3.63) is 5.69 Å². The summed E-state index contributed by atoms with van der Waals surface area (Å²) in [6.45, 7) is 6.20. The van der Waals surface area contributed by atoms with E-state index in [0.29, 0.717) is 17.4 Å². The average Bonchev–Trinajstić information content (AvgIpc) is 2.90. The van der Waals surface area contributed by atoms with Crippen LogP contribution in [0.4, 0.5) is 11.5 Å². The molecule has 5 heteroatoms. The number of aromatic nitrogens is 2. The molecule has 1 saturated carbocycles. The third kappa shape index (κ3) is 2.67. The van der Waals surface area contributed by atoms with E-state index in [0.717, 1.165) is 37.8 Å². The summed E-state index contributed by atoms with van der Waals surface area (Å²) in [5, 5.41) is 7.27. The van der Waals surface area contributed by atoms with Gasteiger partial charge in [0, 0.05) is 12.5 Å². The molecule has 1 aliphatic rings. The highest BCUT2D eigenvalue weighted by molar-refractivity contribution is 5.97. The van der Waals surface area contributed by atoms with Crippen LogP contribution in [0, 0.1) is 18.3 Å². The summed E-state index contributed by atoms with van der Waals surface area (Å²) < 4.78 is 1.65. The second-order valence-corrected chi connectivity index (χ2v) is 6.51. The topological polar surface area (TPSA) is 72.9 Å². The standard InChI is InChI=1S/C15H26N4O/c1-10(2)9-15(7-5-6-8-15)14(20)17-13-12(16)11(3)18-19(13)4/h10H,5-9,16H2,1-4H3,(H,17,20). The lowest BCUT2D eigenvalue weighted by Gasteiger charge is -2.29. The molecule has 0 bridgehead atoms. The molecule has 5 nitrogen and oxygen atoms in total. The highest BCUT2D eigenvalue weighted by Gasteiger charge is 2.41. The molecule has 20 heavy (non-hydrogen) atoms. The summed E-state index contributed by atoms with van der Waals surface area (Å²) in [4.78, 5) is 12.8. The molecule has 0 saturated heterocycles. The summed E-state index contributed by atoms with van der Waals surface area (Å²) in [5.74, 6) is 1.26. The van der Waals surface area contributed by atoms with Crippen LogP contribution in [0.25, 0.3) is 0 Å². The van der Waals surface area contributed by atoms with E-state index in [2.05, 4.69) is 24.3 Å². The Morgan fingerprint density at radius 2 is 2.05 bits per heavy atom. The number of nitrogens with zero attached hydrogens (tertiary/aromatic N) is 2. The fourth-order valence-corrected chi connectivity index (χ4v) is 3.42. The number of hydrogen-bond acceptors (Lipinski definition) is 3. The quantitative estimate of drug-likeness (QED) is 0.889. The van der Waals surface area contributed by atoms with Gasteiger partial charge in [-0.3, -0.25) is 9.48 Å². The van der Waals surface area contributed by atoms with Crippen LogP contribution in [0.2, 0.25) is 0 Å². The van der Waals surface area contributed by atoms with Crippen molar-refractivity contribution in [2.24, 2.45) is 18.4 Å². The summed E-state index contributed by atoms with van der Waals surface area (Å²) in [7, 11) is 1.81. The number of rotatable bonds is 4. The van der Waals surface area contributed by atoms with Crippen molar-refractivity contribution >= 4 is 17.4 Å². The number of aryl methyl sites for hydroxylation is 2. The molecule has 2 rings (SSSR count). The lowest BCUT2D eigenvalue weighted by molar-refractivity contribution is -0.126. The number of amides is 1. The summed E-state index contributed by atoms with van der Waals surface area (Å²) in [5.41, 5.74) is 7.10. The summed E-state index contributed by atoms with van der Waals surface area (Å²) in [6.07, 6.45) is 5.18. The molecule has 0 aromatic carbocycles. The first-order chi connectivity index (χ1) is 9.35. The number of nitrogen functional groups attached to an aromatic ring is 1. The van der Waals surface area contributed by atoms with Gasteiger partial charge in [-0.25, -0.2) is 0 Å². The first-order valence-electron chi connectivity index (χ1n) is 7.46. The number of carbonyl (C=O) groups is 1. The SMILES string of the molecule is Cc1nn(C)c(NC(=O)C2(CC(C)C)CCCC2)c1N. The van der Waals surface area contributed by atoms with E-state index >= 15 is 0 Å². The van der Waals surface area contributed by atoms with Gasteiger partial charge in [0.15, 0.2) is 5.82 Å². The van der Waals surface area contributed by atoms with Crippen LogP contribution in [-0.4, -0.2) is 15.7 Å². The number of nitrogens with one attached hydrogen (secondary N) is 1. The maximum Gasteiger partial charge on any atom is 0.231 e. The molecular formula is C15H26N4O. The van der Waals surface area contributed by atoms with Gasteiger partial charge in [0.05, 0.1) is 11.4 Å². The molecule has 1 fully saturated rings. The van der Waals surface area contributed by atoms with Crippen molar-refractivity contribution in [2.75, 3.05) is 11.1 Å². The molecule has 0 radical (unpaired) electrons. The van der Waals surface area contributed by atoms with Gasteiger partial charge in [-0.2, -0.15) is 5.10 Å². The van der Waals surface area contributed by atoms with E-state index in [4.69, 9.17) is 5.73 Å². The van der Waals surface area contributed by atoms with E-state index in [1.54, 1.807) is 4.68 Å². The van der Waals surface area contributed by atoms with Gasteiger partial charge in [-0.1, -0.05) is 26.7 Å². The van der Waals surface area contributed by atoms with Gasteiger partial charge in [0.2, 0.25) is 5.91 Å². The fraction of sp³-hybridized carbons (Fsp3) is 0.733. The van der Waals surface area contributed by atoms with Gasteiger partial charge in [-0.05, 0) is 32.1 Å². The predicted octanol–water partition coefficient (Wildman–Crippen LogP) is 2.86. The van der Waals surface area contributed by atoms with Crippen molar-refractivity contribution in [3.8, 4) is 0 Å². The van der Waals surface area contributed by atoms with Crippen molar-refractivity contribution < 1.29 is 4.79 Å². The fourth-order valence-electron chi connectivity index (χ4n) is 3.42. The number of carbonyl (C=O) groups excluding carboxylic acids is 1. The molecule has 0 atom stereocenters. The Kier molecular flexibility index (Phi) is 4.06. The second kappa shape index (κ2) is 5.46. The Morgan fingerprint density at radius 3 is 2.50 bits per heavy atom. The summed E-state index contributed by atoms with van der Waals surface area (Å²) in [6, 6.07) is 0. The molecule has 1 aromatic rings. The maximum absolute atomic E-state index is 12.8. The smallest absolute Gasteiger partial charge is 0.231 e. The molecule has 1 aromatic heterocycles. The Morgan fingerprint density at radius 1 is 1.45 bits per heavy atom. The van der Waals surface area contributed by atoms with Crippen LogP contribution >= 0.6 is 0 Å². The highest BCUT2D eigenvalue weighted by Crippen LogP contribution is 2.44. The zero-order valence-electron chi connectivity index (χ0n) is 13.0. The van der Waals surface area contributed by atoms with Crippen LogP contribution in [0.1, 0.15) is 51.6 Å². The highest BCUT2D eigenvalue weighted by atomic mass is 16.2. The van der Waals surface area contributed by atoms with Crippen LogP contribution in [0.3, 0.4) is 0 Å². The van der Waals surface area contributed by atoms with Crippen LogP contribution in [0.5, 0.6) is 0 Å². The predicted molar refractivity (Wildman–Crippen MR) is 81.3 cm³/mol. The molecule has 0 aliphatic heterocycles. The third-order valence-electron chi connectivity index (χ3n) is 4.34. The number of nitrogens with two attached hydrogens (primary N) is 1. The Labute approximate surface area is 120 Å². The van der Waals surface area contributed by atoms with E-state index in [9.17, 15) is 4.79 Å². The molecule has 1 amide bonds. The molecule has 1 heterocycles. The number of anilines is 2. The zero-order valence-corrected chi connectivity index (χ0v) is 13.0. The Bertz CT molecular complexity index is 498. The minimum absolute atomic E-state index is 0.110. The van der Waals surface area contributed by atoms with Gasteiger partial charge in [0.25, 0.3) is 0 Å². The minimum atomic E-state index is -0.223. The van der Waals surface area contributed by atoms with Crippen LogP contribution in [0.15, 0.2) is 0 Å². The lowest BCUT2D eigenvalue weighted by Crippen LogP contribution is -2.35. The first kappa shape index (κ1) is 14.9. The van der Waals surface area contributed by atoms with Gasteiger partial charge in [-0.15, -0.1) is 0 Å². The molecule has 0 spiro atoms. The first-order valence-corrected chi connectivity index (χ1v) is 7.46. The average molecular weight is 278 g/mol. The Hall–Kier alpha value is -1.52. The van der Waals surface area contributed by atoms with Gasteiger partial charge >= 0.3 is 0 Å². The van der Waals surface area contributed by atoms with Crippen molar-refractivity contribution in [3.63, 3.8) is 0 Å². The minimum Gasteiger partial charge on any atom is -0.394 e. The van der Waals surface area contributed by atoms with Crippen molar-refractivity contribution in [1.29, 1.82) is 0 Å². The zero-order chi connectivity index (χ0) is 14.9. The van der Waals surface area contributed by atoms with E-state index in [-0.39, 0.29) is 11.3 Å². The van der Waals surface area contributed by atoms with E-state index in [1.807, 2.05) is 14.0 Å². The third-order valence-corrected chi connectivity index (χ3v) is 4.34.